The minimum absolute atomic E-state index is 0.423. The number of nitrogens with zero attached hydrogens (tertiary/aromatic N) is 1. The van der Waals surface area contributed by atoms with E-state index in [4.69, 9.17) is 4.74 Å². The molecule has 2 aromatic rings. The van der Waals surface area contributed by atoms with Gasteiger partial charge in [-0.3, -0.25) is 4.90 Å². The molecule has 1 aliphatic rings. The summed E-state index contributed by atoms with van der Waals surface area (Å²) in [7, 11) is 1.65. The number of hydrogen-bond donors (Lipinski definition) is 2. The molecule has 0 radical (unpaired) electrons. The van der Waals surface area contributed by atoms with Crippen LogP contribution >= 0.6 is 0 Å². The number of nitrogens with one attached hydrogen (secondary N) is 1. The molecular formula is C21H28N2O2. The van der Waals surface area contributed by atoms with Crippen molar-refractivity contribution in [2.75, 3.05) is 20.2 Å². The van der Waals surface area contributed by atoms with E-state index in [1.807, 2.05) is 24.3 Å². The van der Waals surface area contributed by atoms with Gasteiger partial charge in [-0.2, -0.15) is 0 Å². The molecule has 4 nitrogen and oxygen atoms in total. The summed E-state index contributed by atoms with van der Waals surface area (Å²) in [5.74, 6) is 0.810. The summed E-state index contributed by atoms with van der Waals surface area (Å²) in [6.45, 7) is 4.86. The highest BCUT2D eigenvalue weighted by Crippen LogP contribution is 2.21. The normalized spacial score (nSPS) is 22.0. The van der Waals surface area contributed by atoms with Crippen molar-refractivity contribution in [1.29, 1.82) is 0 Å². The molecule has 1 saturated heterocycles. The molecule has 1 heterocycles. The van der Waals surface area contributed by atoms with Gasteiger partial charge in [0.1, 0.15) is 5.75 Å². The Kier molecular flexibility index (Phi) is 6.08. The number of hydrogen-bond acceptors (Lipinski definition) is 4. The van der Waals surface area contributed by atoms with E-state index in [9.17, 15) is 5.11 Å². The fourth-order valence-electron chi connectivity index (χ4n) is 3.51. The lowest BCUT2D eigenvalue weighted by atomic mass is 10.1. The van der Waals surface area contributed by atoms with Crippen molar-refractivity contribution in [2.24, 2.45) is 0 Å². The van der Waals surface area contributed by atoms with Gasteiger partial charge in [-0.25, -0.2) is 0 Å². The van der Waals surface area contributed by atoms with Gasteiger partial charge >= 0.3 is 0 Å². The second-order valence-electron chi connectivity index (χ2n) is 6.89. The van der Waals surface area contributed by atoms with E-state index in [0.717, 1.165) is 30.8 Å². The maximum absolute atomic E-state index is 10.4. The van der Waals surface area contributed by atoms with Crippen LogP contribution < -0.4 is 10.1 Å². The third-order valence-corrected chi connectivity index (χ3v) is 5.03. The molecule has 4 heteroatoms. The van der Waals surface area contributed by atoms with Crippen LogP contribution in [0.3, 0.4) is 0 Å². The van der Waals surface area contributed by atoms with Crippen LogP contribution in [-0.2, 0) is 6.54 Å². The summed E-state index contributed by atoms with van der Waals surface area (Å²) in [5, 5.41) is 13.9. The number of ether oxygens (including phenoxy) is 1. The van der Waals surface area contributed by atoms with Gasteiger partial charge in [0.2, 0.25) is 0 Å². The largest absolute Gasteiger partial charge is 0.497 e. The highest BCUT2D eigenvalue weighted by molar-refractivity contribution is 5.28. The minimum atomic E-state index is -0.496. The van der Waals surface area contributed by atoms with Gasteiger partial charge in [0.15, 0.2) is 0 Å². The van der Waals surface area contributed by atoms with Crippen molar-refractivity contribution in [1.82, 2.24) is 10.2 Å². The molecule has 134 valence electrons. The summed E-state index contributed by atoms with van der Waals surface area (Å²) in [6, 6.07) is 19.2. The summed E-state index contributed by atoms with van der Waals surface area (Å²) in [5.41, 5.74) is 2.27. The summed E-state index contributed by atoms with van der Waals surface area (Å²) >= 11 is 0. The van der Waals surface area contributed by atoms with Crippen molar-refractivity contribution in [2.45, 2.75) is 38.1 Å². The van der Waals surface area contributed by atoms with Gasteiger partial charge in [0.05, 0.1) is 13.2 Å². The Hall–Kier alpha value is -1.88. The molecule has 0 aliphatic carbocycles. The van der Waals surface area contributed by atoms with Crippen LogP contribution in [-0.4, -0.2) is 42.3 Å². The number of aliphatic hydroxyl groups excluding tert-OH is 1. The molecule has 1 fully saturated rings. The molecule has 3 rings (SSSR count). The van der Waals surface area contributed by atoms with E-state index in [2.05, 4.69) is 47.5 Å². The zero-order valence-corrected chi connectivity index (χ0v) is 15.1. The van der Waals surface area contributed by atoms with Gasteiger partial charge < -0.3 is 15.2 Å². The van der Waals surface area contributed by atoms with E-state index in [1.54, 1.807) is 7.11 Å². The first kappa shape index (κ1) is 17.9. The maximum atomic E-state index is 10.4. The SMILES string of the molecule is COc1ccc(C(O)CNC2CC(C)N(Cc3ccccc3)C2)cc1. The van der Waals surface area contributed by atoms with Crippen LogP contribution in [0.1, 0.15) is 30.6 Å². The average Bonchev–Trinajstić information content (AvgIpc) is 3.00. The monoisotopic (exact) mass is 340 g/mol. The first-order chi connectivity index (χ1) is 12.2. The minimum Gasteiger partial charge on any atom is -0.497 e. The van der Waals surface area contributed by atoms with E-state index in [-0.39, 0.29) is 0 Å². The van der Waals surface area contributed by atoms with Crippen LogP contribution in [0.4, 0.5) is 0 Å². The highest BCUT2D eigenvalue weighted by atomic mass is 16.5. The van der Waals surface area contributed by atoms with Crippen LogP contribution in [0, 0.1) is 0 Å². The van der Waals surface area contributed by atoms with Gasteiger partial charge in [-0.15, -0.1) is 0 Å². The quantitative estimate of drug-likeness (QED) is 0.813. The Morgan fingerprint density at radius 3 is 2.56 bits per heavy atom. The number of methoxy groups -OCH3 is 1. The topological polar surface area (TPSA) is 44.7 Å². The van der Waals surface area contributed by atoms with Crippen LogP contribution in [0.2, 0.25) is 0 Å². The van der Waals surface area contributed by atoms with E-state index in [1.165, 1.54) is 5.56 Å². The summed E-state index contributed by atoms with van der Waals surface area (Å²) in [6.07, 6.45) is 0.617. The van der Waals surface area contributed by atoms with E-state index >= 15 is 0 Å². The molecule has 0 spiro atoms. The standard InChI is InChI=1S/C21H28N2O2/c1-16-12-19(15-23(16)14-17-6-4-3-5-7-17)22-13-21(24)18-8-10-20(25-2)11-9-18/h3-11,16,19,21-22,24H,12-15H2,1-2H3. The van der Waals surface area contributed by atoms with Crippen molar-refractivity contribution in [3.05, 3.63) is 65.7 Å². The zero-order valence-electron chi connectivity index (χ0n) is 15.1. The lowest BCUT2D eigenvalue weighted by Crippen LogP contribution is -2.35. The second-order valence-corrected chi connectivity index (χ2v) is 6.89. The predicted octanol–water partition coefficient (Wildman–Crippen LogP) is 2.98. The lowest BCUT2D eigenvalue weighted by molar-refractivity contribution is 0.169. The summed E-state index contributed by atoms with van der Waals surface area (Å²) < 4.78 is 5.16. The predicted molar refractivity (Wildman–Crippen MR) is 101 cm³/mol. The van der Waals surface area contributed by atoms with Crippen molar-refractivity contribution < 1.29 is 9.84 Å². The fraction of sp³-hybridized carbons (Fsp3) is 0.429. The number of benzene rings is 2. The smallest absolute Gasteiger partial charge is 0.118 e. The molecule has 25 heavy (non-hydrogen) atoms. The van der Waals surface area contributed by atoms with E-state index in [0.29, 0.717) is 18.6 Å². The third-order valence-electron chi connectivity index (χ3n) is 5.03. The Labute approximate surface area is 150 Å². The molecule has 2 N–H and O–H groups in total. The number of likely N-dealkylation sites (tertiary alicyclic amines) is 1. The van der Waals surface area contributed by atoms with Crippen LogP contribution in [0.5, 0.6) is 5.75 Å². The molecule has 0 saturated carbocycles. The highest BCUT2D eigenvalue weighted by Gasteiger charge is 2.28. The number of aliphatic hydroxyl groups is 1. The van der Waals surface area contributed by atoms with Crippen molar-refractivity contribution >= 4 is 0 Å². The Morgan fingerprint density at radius 1 is 1.16 bits per heavy atom. The van der Waals surface area contributed by atoms with Gasteiger partial charge in [-0.05, 0) is 36.6 Å². The Bertz CT molecular complexity index is 645. The molecule has 3 unspecified atom stereocenters. The molecule has 3 atom stereocenters. The first-order valence-electron chi connectivity index (χ1n) is 8.99. The molecule has 0 amide bonds. The molecule has 0 bridgehead atoms. The lowest BCUT2D eigenvalue weighted by Gasteiger charge is -2.21. The zero-order chi connectivity index (χ0) is 17.6. The fourth-order valence-corrected chi connectivity index (χ4v) is 3.51. The van der Waals surface area contributed by atoms with Gasteiger partial charge in [0, 0.05) is 31.7 Å². The molecule has 2 aromatic carbocycles. The Morgan fingerprint density at radius 2 is 1.88 bits per heavy atom. The maximum Gasteiger partial charge on any atom is 0.118 e. The average molecular weight is 340 g/mol. The third kappa shape index (κ3) is 4.82. The van der Waals surface area contributed by atoms with E-state index < -0.39 is 6.10 Å². The first-order valence-corrected chi connectivity index (χ1v) is 8.99. The molecule has 1 aliphatic heterocycles. The van der Waals surface area contributed by atoms with Gasteiger partial charge in [0.25, 0.3) is 0 Å². The molecular weight excluding hydrogens is 312 g/mol. The second kappa shape index (κ2) is 8.48. The summed E-state index contributed by atoms with van der Waals surface area (Å²) in [4.78, 5) is 2.51. The van der Waals surface area contributed by atoms with Crippen LogP contribution in [0.15, 0.2) is 54.6 Å². The number of rotatable bonds is 7. The van der Waals surface area contributed by atoms with Crippen LogP contribution in [0.25, 0.3) is 0 Å². The van der Waals surface area contributed by atoms with Crippen molar-refractivity contribution in [3.63, 3.8) is 0 Å². The van der Waals surface area contributed by atoms with Crippen molar-refractivity contribution in [3.8, 4) is 5.75 Å². The van der Waals surface area contributed by atoms with Gasteiger partial charge in [-0.1, -0.05) is 42.5 Å². The Balaban J connectivity index is 1.48. The molecule has 0 aromatic heterocycles.